The third kappa shape index (κ3) is 2.49. The molecule has 1 spiro atoms. The Morgan fingerprint density at radius 3 is 2.57 bits per heavy atom. The molecule has 0 saturated carbocycles. The van der Waals surface area contributed by atoms with Gasteiger partial charge in [0.15, 0.2) is 11.3 Å². The highest BCUT2D eigenvalue weighted by Crippen LogP contribution is 2.39. The van der Waals surface area contributed by atoms with Crippen molar-refractivity contribution in [1.82, 2.24) is 24.4 Å². The molecule has 5 rings (SSSR count). The predicted molar refractivity (Wildman–Crippen MR) is 110 cm³/mol. The molecule has 0 aliphatic carbocycles. The number of aromatic nitrogens is 4. The van der Waals surface area contributed by atoms with E-state index in [4.69, 9.17) is 21.6 Å². The smallest absolute Gasteiger partial charge is 0.200 e. The molecule has 2 aliphatic rings. The highest BCUT2D eigenvalue weighted by Gasteiger charge is 2.47. The molecule has 8 heteroatoms. The number of hydrogen-bond acceptors (Lipinski definition) is 6. The van der Waals surface area contributed by atoms with Crippen molar-refractivity contribution in [2.24, 2.45) is 7.05 Å². The number of imidazole rings is 1. The van der Waals surface area contributed by atoms with Gasteiger partial charge < -0.3 is 14.6 Å². The van der Waals surface area contributed by atoms with Crippen LogP contribution in [0.1, 0.15) is 18.4 Å². The van der Waals surface area contributed by atoms with Gasteiger partial charge in [0, 0.05) is 37.2 Å². The molecule has 1 N–H and O–H groups in total. The topological polar surface area (TPSA) is 70.3 Å². The van der Waals surface area contributed by atoms with Crippen molar-refractivity contribution < 1.29 is 5.11 Å². The molecule has 4 heterocycles. The van der Waals surface area contributed by atoms with Gasteiger partial charge >= 0.3 is 0 Å². The zero-order chi connectivity index (χ0) is 19.6. The van der Waals surface area contributed by atoms with E-state index in [2.05, 4.69) is 21.8 Å². The first-order valence-corrected chi connectivity index (χ1v) is 9.91. The fourth-order valence-electron chi connectivity index (χ4n) is 4.56. The van der Waals surface area contributed by atoms with Gasteiger partial charge in [-0.05, 0) is 44.5 Å². The Kier molecular flexibility index (Phi) is 3.83. The molecule has 2 fully saturated rings. The average Bonchev–Trinajstić information content (AvgIpc) is 3.24. The van der Waals surface area contributed by atoms with Crippen LogP contribution in [-0.4, -0.2) is 61.7 Å². The summed E-state index contributed by atoms with van der Waals surface area (Å²) >= 11 is 6.05. The van der Waals surface area contributed by atoms with Crippen LogP contribution in [-0.2, 0) is 7.05 Å². The second kappa shape index (κ2) is 6.06. The molecule has 0 amide bonds. The van der Waals surface area contributed by atoms with E-state index >= 15 is 0 Å². The van der Waals surface area contributed by atoms with Gasteiger partial charge in [-0.25, -0.2) is 15.0 Å². The monoisotopic (exact) mass is 398 g/mol. The minimum atomic E-state index is 0.109. The number of phenols is 1. The quantitative estimate of drug-likeness (QED) is 0.715. The van der Waals surface area contributed by atoms with E-state index in [1.54, 1.807) is 0 Å². The van der Waals surface area contributed by atoms with Crippen molar-refractivity contribution in [2.45, 2.75) is 25.3 Å². The SMILES string of the molecule is Cc1cc(Cl)cc(O)c1-c1nc2nc(N3CC[C@@]4(CCN4C)C3)cnc2n1C. The number of likely N-dealkylation sites (N-methyl/N-ethyl adjacent to an activating group) is 1. The molecule has 2 aromatic heterocycles. The summed E-state index contributed by atoms with van der Waals surface area (Å²) in [5, 5.41) is 10.9. The number of phenolic OH excluding ortho intramolecular Hbond substituents is 1. The van der Waals surface area contributed by atoms with Crippen LogP contribution in [0.15, 0.2) is 18.3 Å². The normalized spacial score (nSPS) is 22.4. The third-order valence-electron chi connectivity index (χ3n) is 6.45. The summed E-state index contributed by atoms with van der Waals surface area (Å²) in [7, 11) is 4.09. The first-order valence-electron chi connectivity index (χ1n) is 9.53. The van der Waals surface area contributed by atoms with Crippen LogP contribution >= 0.6 is 11.6 Å². The van der Waals surface area contributed by atoms with Gasteiger partial charge in [-0.2, -0.15) is 0 Å². The van der Waals surface area contributed by atoms with Crippen molar-refractivity contribution in [3.8, 4) is 17.1 Å². The Morgan fingerprint density at radius 2 is 1.93 bits per heavy atom. The van der Waals surface area contributed by atoms with Crippen LogP contribution in [0.2, 0.25) is 5.02 Å². The van der Waals surface area contributed by atoms with E-state index in [0.29, 0.717) is 33.2 Å². The van der Waals surface area contributed by atoms with Crippen molar-refractivity contribution in [3.63, 3.8) is 0 Å². The lowest BCUT2D eigenvalue weighted by molar-refractivity contribution is 0.0307. The molecule has 2 aliphatic heterocycles. The first kappa shape index (κ1) is 17.7. The van der Waals surface area contributed by atoms with E-state index in [0.717, 1.165) is 30.9 Å². The van der Waals surface area contributed by atoms with Gasteiger partial charge in [0.2, 0.25) is 0 Å². The number of aryl methyl sites for hydroxylation is 2. The summed E-state index contributed by atoms with van der Waals surface area (Å²) in [4.78, 5) is 18.9. The van der Waals surface area contributed by atoms with Crippen molar-refractivity contribution in [2.75, 3.05) is 31.6 Å². The average molecular weight is 399 g/mol. The summed E-state index contributed by atoms with van der Waals surface area (Å²) in [5.41, 5.74) is 3.11. The van der Waals surface area contributed by atoms with Crippen LogP contribution in [0.5, 0.6) is 5.75 Å². The highest BCUT2D eigenvalue weighted by molar-refractivity contribution is 6.31. The number of halogens is 1. The van der Waals surface area contributed by atoms with Crippen LogP contribution < -0.4 is 4.90 Å². The molecule has 0 radical (unpaired) electrons. The lowest BCUT2D eigenvalue weighted by atomic mass is 9.85. The number of hydrogen-bond donors (Lipinski definition) is 1. The van der Waals surface area contributed by atoms with Gasteiger partial charge in [-0.1, -0.05) is 11.6 Å². The Bertz CT molecular complexity index is 1070. The molecule has 7 nitrogen and oxygen atoms in total. The minimum absolute atomic E-state index is 0.109. The van der Waals surface area contributed by atoms with Gasteiger partial charge in [0.25, 0.3) is 0 Å². The molecule has 28 heavy (non-hydrogen) atoms. The Morgan fingerprint density at radius 1 is 1.14 bits per heavy atom. The fourth-order valence-corrected chi connectivity index (χ4v) is 4.83. The van der Waals surface area contributed by atoms with Gasteiger partial charge in [0.1, 0.15) is 17.4 Å². The van der Waals surface area contributed by atoms with E-state index in [1.165, 1.54) is 19.0 Å². The van der Waals surface area contributed by atoms with Crippen molar-refractivity contribution in [1.29, 1.82) is 0 Å². The van der Waals surface area contributed by atoms with Crippen LogP contribution in [0, 0.1) is 6.92 Å². The molecule has 146 valence electrons. The maximum absolute atomic E-state index is 10.4. The van der Waals surface area contributed by atoms with Crippen LogP contribution in [0.3, 0.4) is 0 Å². The second-order valence-corrected chi connectivity index (χ2v) is 8.49. The molecule has 0 bridgehead atoms. The number of anilines is 1. The van der Waals surface area contributed by atoms with E-state index in [-0.39, 0.29) is 5.75 Å². The van der Waals surface area contributed by atoms with Crippen LogP contribution in [0.25, 0.3) is 22.7 Å². The molecular formula is C20H23ClN6O. The summed E-state index contributed by atoms with van der Waals surface area (Å²) in [6, 6.07) is 3.36. The molecule has 1 aromatic carbocycles. The molecule has 3 aromatic rings. The molecule has 2 saturated heterocycles. The lowest BCUT2D eigenvalue weighted by Crippen LogP contribution is -2.59. The maximum Gasteiger partial charge on any atom is 0.200 e. The van der Waals surface area contributed by atoms with E-state index in [1.807, 2.05) is 30.8 Å². The largest absolute Gasteiger partial charge is 0.507 e. The third-order valence-corrected chi connectivity index (χ3v) is 6.67. The van der Waals surface area contributed by atoms with Gasteiger partial charge in [-0.15, -0.1) is 0 Å². The molecular weight excluding hydrogens is 376 g/mol. The second-order valence-electron chi connectivity index (χ2n) is 8.05. The molecule has 1 atom stereocenters. The number of fused-ring (bicyclic) bond motifs is 1. The number of rotatable bonds is 2. The minimum Gasteiger partial charge on any atom is -0.507 e. The van der Waals surface area contributed by atoms with Gasteiger partial charge in [0.05, 0.1) is 11.8 Å². The Balaban J connectivity index is 1.54. The van der Waals surface area contributed by atoms with Crippen LogP contribution in [0.4, 0.5) is 5.82 Å². The molecule has 0 unspecified atom stereocenters. The summed E-state index contributed by atoms with van der Waals surface area (Å²) in [6.45, 7) is 5.05. The zero-order valence-corrected chi connectivity index (χ0v) is 17.0. The maximum atomic E-state index is 10.4. The zero-order valence-electron chi connectivity index (χ0n) is 16.3. The summed E-state index contributed by atoms with van der Waals surface area (Å²) in [5.74, 6) is 1.61. The summed E-state index contributed by atoms with van der Waals surface area (Å²) < 4.78 is 1.87. The first-order chi connectivity index (χ1) is 13.4. The van der Waals surface area contributed by atoms with E-state index in [9.17, 15) is 5.11 Å². The Hall–Kier alpha value is -2.38. The number of nitrogens with zero attached hydrogens (tertiary/aromatic N) is 6. The van der Waals surface area contributed by atoms with E-state index < -0.39 is 0 Å². The van der Waals surface area contributed by atoms with Crippen molar-refractivity contribution in [3.05, 3.63) is 28.9 Å². The summed E-state index contributed by atoms with van der Waals surface area (Å²) in [6.07, 6.45) is 4.24. The van der Waals surface area contributed by atoms with Gasteiger partial charge in [-0.3, -0.25) is 4.90 Å². The Labute approximate surface area is 168 Å². The van der Waals surface area contributed by atoms with Crippen molar-refractivity contribution >= 4 is 28.7 Å². The number of benzene rings is 1. The fraction of sp³-hybridized carbons (Fsp3) is 0.450. The lowest BCUT2D eigenvalue weighted by Gasteiger charge is -2.48. The number of aromatic hydroxyl groups is 1. The highest BCUT2D eigenvalue weighted by atomic mass is 35.5. The number of likely N-dealkylation sites (tertiary alicyclic amines) is 1. The predicted octanol–water partition coefficient (Wildman–Crippen LogP) is 2.98. The standard InChI is InChI=1S/C20H23ClN6O/c1-12-8-13(21)9-14(28)16(12)18-24-17-19(26(18)3)22-10-15(23-17)27-7-5-20(11-27)4-6-25(20)2/h8-10,28H,4-7,11H2,1-3H3/t20-/m0/s1.